The second kappa shape index (κ2) is 12.8. The molecule has 2 heterocycles. The van der Waals surface area contributed by atoms with Crippen LogP contribution in [-0.4, -0.2) is 70.8 Å². The fourth-order valence-corrected chi connectivity index (χ4v) is 6.50. The first-order chi connectivity index (χ1) is 20.0. The molecule has 224 valence electrons. The zero-order valence-corrected chi connectivity index (χ0v) is 26.4. The van der Waals surface area contributed by atoms with Crippen LogP contribution in [0.3, 0.4) is 0 Å². The summed E-state index contributed by atoms with van der Waals surface area (Å²) >= 11 is 12.4. The molecule has 0 N–H and O–H groups in total. The van der Waals surface area contributed by atoms with Gasteiger partial charge in [0.05, 0.1) is 18.3 Å². The Morgan fingerprint density at radius 1 is 1.02 bits per heavy atom. The molecule has 0 radical (unpaired) electrons. The van der Waals surface area contributed by atoms with Gasteiger partial charge in [0.15, 0.2) is 0 Å². The van der Waals surface area contributed by atoms with Gasteiger partial charge in [0.1, 0.15) is 5.60 Å². The highest BCUT2D eigenvalue weighted by Crippen LogP contribution is 2.44. The van der Waals surface area contributed by atoms with Crippen molar-refractivity contribution >= 4 is 47.0 Å². The lowest BCUT2D eigenvalue weighted by molar-refractivity contribution is -0.135. The van der Waals surface area contributed by atoms with Crippen molar-refractivity contribution < 1.29 is 14.3 Å². The lowest BCUT2D eigenvalue weighted by Gasteiger charge is -2.32. The number of hydrogen-bond donors (Lipinski definition) is 0. The van der Waals surface area contributed by atoms with Crippen LogP contribution in [-0.2, 0) is 9.53 Å². The Balaban J connectivity index is 1.38. The molecule has 5 rings (SSSR count). The zero-order chi connectivity index (χ0) is 30.0. The number of ether oxygens (including phenoxy) is 1. The van der Waals surface area contributed by atoms with Crippen LogP contribution in [0.15, 0.2) is 59.2 Å². The lowest BCUT2D eigenvalue weighted by Crippen LogP contribution is -2.46. The third-order valence-electron chi connectivity index (χ3n) is 8.21. The average Bonchev–Trinajstić information content (AvgIpc) is 3.54. The summed E-state index contributed by atoms with van der Waals surface area (Å²) in [6, 6.07) is 15.5. The summed E-state index contributed by atoms with van der Waals surface area (Å²) in [5.41, 5.74) is 3.71. The van der Waals surface area contributed by atoms with Gasteiger partial charge in [-0.05, 0) is 106 Å². The van der Waals surface area contributed by atoms with Gasteiger partial charge < -0.3 is 9.64 Å². The summed E-state index contributed by atoms with van der Waals surface area (Å²) < 4.78 is 5.55. The van der Waals surface area contributed by atoms with Gasteiger partial charge in [0.2, 0.25) is 0 Å². The number of benzene rings is 2. The summed E-state index contributed by atoms with van der Waals surface area (Å²) in [7, 11) is 1.76. The van der Waals surface area contributed by atoms with E-state index in [1.165, 1.54) is 5.57 Å². The van der Waals surface area contributed by atoms with E-state index in [9.17, 15) is 9.59 Å². The molecule has 7 nitrogen and oxygen atoms in total. The number of carbonyl (C=O) groups excluding carboxylic acids is 2. The third kappa shape index (κ3) is 7.19. The molecule has 0 bridgehead atoms. The van der Waals surface area contributed by atoms with E-state index in [-0.39, 0.29) is 36.5 Å². The number of hydrazone groups is 1. The maximum atomic E-state index is 14.1. The van der Waals surface area contributed by atoms with Crippen LogP contribution in [0, 0.1) is 5.92 Å². The second-order valence-corrected chi connectivity index (χ2v) is 13.4. The van der Waals surface area contributed by atoms with E-state index >= 15 is 0 Å². The van der Waals surface area contributed by atoms with E-state index < -0.39 is 5.60 Å². The molecule has 9 heteroatoms. The number of rotatable bonds is 6. The van der Waals surface area contributed by atoms with Gasteiger partial charge in [0.25, 0.3) is 5.91 Å². The smallest absolute Gasteiger partial charge is 0.410 e. The topological polar surface area (TPSA) is 65.5 Å². The van der Waals surface area contributed by atoms with Crippen molar-refractivity contribution in [2.75, 3.05) is 26.7 Å². The van der Waals surface area contributed by atoms with Gasteiger partial charge in [0, 0.05) is 35.6 Å². The molecule has 3 atom stereocenters. The van der Waals surface area contributed by atoms with Crippen LogP contribution in [0.1, 0.15) is 70.0 Å². The Kier molecular flexibility index (Phi) is 9.31. The fraction of sp³-hybridized carbons (Fsp3) is 0.485. The number of halogens is 2. The van der Waals surface area contributed by atoms with Gasteiger partial charge in [-0.3, -0.25) is 9.69 Å². The Morgan fingerprint density at radius 3 is 2.36 bits per heavy atom. The van der Waals surface area contributed by atoms with Crippen LogP contribution in [0.5, 0.6) is 0 Å². The Bertz CT molecular complexity index is 1350. The van der Waals surface area contributed by atoms with Gasteiger partial charge in [-0.15, -0.1) is 0 Å². The molecule has 42 heavy (non-hydrogen) atoms. The first-order valence-corrected chi connectivity index (χ1v) is 15.5. The molecule has 1 aliphatic carbocycles. The number of nitrogens with zero attached hydrogens (tertiary/aromatic N) is 4. The van der Waals surface area contributed by atoms with Crippen molar-refractivity contribution in [3.05, 3.63) is 75.3 Å². The number of hydrogen-bond acceptors (Lipinski definition) is 5. The van der Waals surface area contributed by atoms with Crippen molar-refractivity contribution in [1.29, 1.82) is 0 Å². The maximum Gasteiger partial charge on any atom is 0.410 e. The van der Waals surface area contributed by atoms with E-state index in [1.807, 2.05) is 69.3 Å². The minimum atomic E-state index is -0.556. The van der Waals surface area contributed by atoms with Crippen molar-refractivity contribution in [3.8, 4) is 0 Å². The lowest BCUT2D eigenvalue weighted by atomic mass is 9.77. The van der Waals surface area contributed by atoms with E-state index in [0.717, 1.165) is 55.5 Å². The van der Waals surface area contributed by atoms with Gasteiger partial charge in [-0.25, -0.2) is 9.80 Å². The first-order valence-electron chi connectivity index (χ1n) is 14.8. The standard InChI is InChI=1S/C33H40Cl2N4O3/c1-33(2,3)42-32(41)37(4)20-27-8-6-18-38(27)21-29(40)39-31(23-12-16-26(35)17-13-23)28-9-5-7-24(30(28)36-39)19-22-10-14-25(34)15-11-22/h10-17,19,27-28,31H,5-9,18,20-21H2,1-4H3/b24-19-. The molecule has 1 saturated heterocycles. The average molecular weight is 612 g/mol. The highest BCUT2D eigenvalue weighted by Gasteiger charge is 2.44. The number of likely N-dealkylation sites (N-methyl/N-ethyl adjacent to an activating group) is 1. The molecule has 3 aliphatic rings. The molecule has 2 aromatic carbocycles. The minimum Gasteiger partial charge on any atom is -0.444 e. The number of carbonyl (C=O) groups is 2. The second-order valence-electron chi connectivity index (χ2n) is 12.6. The molecule has 0 aromatic heterocycles. The van der Waals surface area contributed by atoms with Crippen LogP contribution in [0.2, 0.25) is 10.0 Å². The molecular weight excluding hydrogens is 571 g/mol. The monoisotopic (exact) mass is 610 g/mol. The molecular formula is C33H40Cl2N4O3. The van der Waals surface area contributed by atoms with E-state index in [0.29, 0.717) is 16.6 Å². The van der Waals surface area contributed by atoms with E-state index in [1.54, 1.807) is 17.0 Å². The number of fused-ring (bicyclic) bond motifs is 1. The quantitative estimate of drug-likeness (QED) is 0.341. The van der Waals surface area contributed by atoms with Crippen LogP contribution >= 0.6 is 23.2 Å². The van der Waals surface area contributed by atoms with Crippen molar-refractivity contribution in [3.63, 3.8) is 0 Å². The third-order valence-corrected chi connectivity index (χ3v) is 8.71. The number of amides is 2. The summed E-state index contributed by atoms with van der Waals surface area (Å²) in [6.07, 6.45) is 6.63. The molecule has 2 amide bonds. The summed E-state index contributed by atoms with van der Waals surface area (Å²) in [6.45, 7) is 7.15. The zero-order valence-electron chi connectivity index (χ0n) is 24.9. The van der Waals surface area contributed by atoms with Crippen molar-refractivity contribution in [2.45, 2.75) is 70.6 Å². The van der Waals surface area contributed by atoms with Gasteiger partial charge >= 0.3 is 6.09 Å². The highest BCUT2D eigenvalue weighted by molar-refractivity contribution is 6.30. The molecule has 2 aliphatic heterocycles. The van der Waals surface area contributed by atoms with Crippen molar-refractivity contribution in [1.82, 2.24) is 14.8 Å². The van der Waals surface area contributed by atoms with Crippen LogP contribution < -0.4 is 0 Å². The van der Waals surface area contributed by atoms with E-state index in [2.05, 4.69) is 11.0 Å². The minimum absolute atomic E-state index is 0.0329. The number of allylic oxidation sites excluding steroid dienone is 1. The Labute approximate surface area is 259 Å². The normalized spacial score (nSPS) is 23.6. The summed E-state index contributed by atoms with van der Waals surface area (Å²) in [5, 5.41) is 8.13. The maximum absolute atomic E-state index is 14.1. The first kappa shape index (κ1) is 30.6. The fourth-order valence-electron chi connectivity index (χ4n) is 6.25. The summed E-state index contributed by atoms with van der Waals surface area (Å²) in [4.78, 5) is 30.5. The largest absolute Gasteiger partial charge is 0.444 e. The molecule has 2 fully saturated rings. The highest BCUT2D eigenvalue weighted by atomic mass is 35.5. The Morgan fingerprint density at radius 2 is 1.69 bits per heavy atom. The van der Waals surface area contributed by atoms with E-state index in [4.69, 9.17) is 33.0 Å². The van der Waals surface area contributed by atoms with Crippen LogP contribution in [0.4, 0.5) is 4.79 Å². The predicted molar refractivity (Wildman–Crippen MR) is 169 cm³/mol. The molecule has 1 saturated carbocycles. The number of likely N-dealkylation sites (tertiary alicyclic amines) is 1. The van der Waals surface area contributed by atoms with Crippen molar-refractivity contribution in [2.24, 2.45) is 11.0 Å². The van der Waals surface area contributed by atoms with Crippen LogP contribution in [0.25, 0.3) is 6.08 Å². The van der Waals surface area contributed by atoms with Gasteiger partial charge in [-0.1, -0.05) is 47.5 Å². The molecule has 2 aromatic rings. The predicted octanol–water partition coefficient (Wildman–Crippen LogP) is 7.45. The molecule has 3 unspecified atom stereocenters. The summed E-state index contributed by atoms with van der Waals surface area (Å²) in [5.74, 6) is 0.0737. The molecule has 0 spiro atoms. The Hall–Kier alpha value is -2.87. The SMILES string of the molecule is CN(CC1CCCN1CC(=O)N1N=C2/C(=C\c3ccc(Cl)cc3)CCCC2C1c1ccc(Cl)cc1)C(=O)OC(C)(C)C. The van der Waals surface area contributed by atoms with Gasteiger partial charge in [-0.2, -0.15) is 5.10 Å².